The lowest BCUT2D eigenvalue weighted by molar-refractivity contribution is -0.114. The Balaban J connectivity index is 1.97. The van der Waals surface area contributed by atoms with Gasteiger partial charge in [-0.3, -0.25) is 4.90 Å². The molecule has 0 radical (unpaired) electrons. The fourth-order valence-electron chi connectivity index (χ4n) is 1.65. The fourth-order valence-corrected chi connectivity index (χ4v) is 1.65. The number of nitrogens with zero attached hydrogens (tertiary/aromatic N) is 1. The van der Waals surface area contributed by atoms with Crippen LogP contribution in [0, 0.1) is 0 Å². The summed E-state index contributed by atoms with van der Waals surface area (Å²) in [5, 5.41) is 0. The highest BCUT2D eigenvalue weighted by Crippen LogP contribution is 2.20. The smallest absolute Gasteiger partial charge is 0.170 e. The summed E-state index contributed by atoms with van der Waals surface area (Å²) < 4.78 is 10.9. The summed E-state index contributed by atoms with van der Waals surface area (Å²) in [6.45, 7) is 7.19. The van der Waals surface area contributed by atoms with Gasteiger partial charge in [0.05, 0.1) is 12.7 Å². The van der Waals surface area contributed by atoms with Gasteiger partial charge < -0.3 is 9.47 Å². The lowest BCUT2D eigenvalue weighted by Gasteiger charge is -2.33. The second kappa shape index (κ2) is 2.73. The number of morpholine rings is 1. The Morgan fingerprint density at radius 2 is 2.18 bits per heavy atom. The van der Waals surface area contributed by atoms with E-state index in [2.05, 4.69) is 18.7 Å². The molecule has 0 aromatic rings. The van der Waals surface area contributed by atoms with Crippen molar-refractivity contribution in [2.75, 3.05) is 19.7 Å². The maximum atomic E-state index is 5.51. The highest BCUT2D eigenvalue weighted by molar-refractivity contribution is 4.80. The van der Waals surface area contributed by atoms with Crippen LogP contribution < -0.4 is 0 Å². The van der Waals surface area contributed by atoms with Crippen LogP contribution in [0.3, 0.4) is 0 Å². The van der Waals surface area contributed by atoms with Crippen molar-refractivity contribution in [3.63, 3.8) is 0 Å². The van der Waals surface area contributed by atoms with Gasteiger partial charge in [-0.05, 0) is 13.8 Å². The molecule has 0 saturated carbocycles. The van der Waals surface area contributed by atoms with Gasteiger partial charge >= 0.3 is 0 Å². The molecule has 2 bridgehead atoms. The van der Waals surface area contributed by atoms with Crippen LogP contribution in [-0.4, -0.2) is 43.0 Å². The monoisotopic (exact) mass is 157 g/mol. The van der Waals surface area contributed by atoms with Gasteiger partial charge in [-0.15, -0.1) is 0 Å². The van der Waals surface area contributed by atoms with Crippen LogP contribution in [0.4, 0.5) is 0 Å². The molecule has 0 amide bonds. The Bertz CT molecular complexity index is 137. The lowest BCUT2D eigenvalue weighted by Crippen LogP contribution is -2.46. The number of ether oxygens (including phenoxy) is 2. The molecular formula is C8H15NO2. The number of rotatable bonds is 1. The topological polar surface area (TPSA) is 21.7 Å². The van der Waals surface area contributed by atoms with Gasteiger partial charge in [-0.2, -0.15) is 0 Å². The summed E-state index contributed by atoms with van der Waals surface area (Å²) in [6, 6.07) is 0.616. The molecule has 2 saturated heterocycles. The van der Waals surface area contributed by atoms with Crippen molar-refractivity contribution in [3.05, 3.63) is 0 Å². The maximum Gasteiger partial charge on any atom is 0.170 e. The number of fused-ring (bicyclic) bond motifs is 2. The van der Waals surface area contributed by atoms with E-state index in [-0.39, 0.29) is 6.29 Å². The molecule has 0 aliphatic carbocycles. The minimum absolute atomic E-state index is 0.0520. The first-order valence-electron chi connectivity index (χ1n) is 4.27. The van der Waals surface area contributed by atoms with Gasteiger partial charge in [0, 0.05) is 19.1 Å². The van der Waals surface area contributed by atoms with E-state index in [9.17, 15) is 0 Å². The van der Waals surface area contributed by atoms with E-state index in [0.29, 0.717) is 12.1 Å². The van der Waals surface area contributed by atoms with Crippen LogP contribution in [-0.2, 0) is 9.47 Å². The number of hydrogen-bond acceptors (Lipinski definition) is 3. The second-order valence-corrected chi connectivity index (χ2v) is 3.57. The Labute approximate surface area is 67.3 Å². The Morgan fingerprint density at radius 1 is 1.36 bits per heavy atom. The average Bonchev–Trinajstić information content (AvgIpc) is 2.30. The van der Waals surface area contributed by atoms with E-state index in [1.54, 1.807) is 0 Å². The molecular weight excluding hydrogens is 142 g/mol. The molecule has 0 spiro atoms. The lowest BCUT2D eigenvalue weighted by atomic mass is 10.2. The van der Waals surface area contributed by atoms with Crippen LogP contribution in [0.5, 0.6) is 0 Å². The van der Waals surface area contributed by atoms with E-state index >= 15 is 0 Å². The van der Waals surface area contributed by atoms with Crippen molar-refractivity contribution < 1.29 is 9.47 Å². The van der Waals surface area contributed by atoms with Gasteiger partial charge in [0.2, 0.25) is 0 Å². The molecule has 0 N–H and O–H groups in total. The molecule has 11 heavy (non-hydrogen) atoms. The predicted molar refractivity (Wildman–Crippen MR) is 41.3 cm³/mol. The zero-order valence-electron chi connectivity index (χ0n) is 7.12. The SMILES string of the molecule is CC(C)N1C[C@@H]2CO[C@H](C1)O2. The molecule has 3 nitrogen and oxygen atoms in total. The van der Waals surface area contributed by atoms with Crippen LogP contribution in [0.1, 0.15) is 13.8 Å². The van der Waals surface area contributed by atoms with Crippen LogP contribution >= 0.6 is 0 Å². The third-order valence-corrected chi connectivity index (χ3v) is 2.36. The third-order valence-electron chi connectivity index (χ3n) is 2.36. The fraction of sp³-hybridized carbons (Fsp3) is 1.00. The minimum atomic E-state index is 0.0520. The molecule has 2 rings (SSSR count). The van der Waals surface area contributed by atoms with Crippen molar-refractivity contribution in [1.82, 2.24) is 4.90 Å². The third kappa shape index (κ3) is 1.41. The van der Waals surface area contributed by atoms with E-state index < -0.39 is 0 Å². The molecule has 0 aromatic heterocycles. The van der Waals surface area contributed by atoms with Crippen LogP contribution in [0.15, 0.2) is 0 Å². The van der Waals surface area contributed by atoms with Gasteiger partial charge in [-0.1, -0.05) is 0 Å². The molecule has 2 heterocycles. The van der Waals surface area contributed by atoms with Gasteiger partial charge in [0.25, 0.3) is 0 Å². The first-order chi connectivity index (χ1) is 5.25. The Hall–Kier alpha value is -0.120. The molecule has 2 fully saturated rings. The molecule has 2 aliphatic rings. The van der Waals surface area contributed by atoms with Gasteiger partial charge in [-0.25, -0.2) is 0 Å². The van der Waals surface area contributed by atoms with Crippen molar-refractivity contribution in [2.45, 2.75) is 32.3 Å². The Kier molecular flexibility index (Phi) is 1.87. The zero-order valence-corrected chi connectivity index (χ0v) is 7.12. The van der Waals surface area contributed by atoms with Crippen LogP contribution in [0.25, 0.3) is 0 Å². The van der Waals surface area contributed by atoms with E-state index in [1.165, 1.54) is 0 Å². The Morgan fingerprint density at radius 3 is 2.82 bits per heavy atom. The quantitative estimate of drug-likeness (QED) is 0.551. The predicted octanol–water partition coefficient (Wildman–Crippen LogP) is 0.452. The summed E-state index contributed by atoms with van der Waals surface area (Å²) >= 11 is 0. The average molecular weight is 157 g/mol. The minimum Gasteiger partial charge on any atom is -0.349 e. The van der Waals surface area contributed by atoms with E-state index in [1.807, 2.05) is 0 Å². The molecule has 0 aromatic carbocycles. The first kappa shape index (κ1) is 7.53. The summed E-state index contributed by atoms with van der Waals surface area (Å²) in [5.41, 5.74) is 0. The van der Waals surface area contributed by atoms with Crippen molar-refractivity contribution in [1.29, 1.82) is 0 Å². The normalized spacial score (nSPS) is 38.5. The molecule has 2 atom stereocenters. The molecule has 2 aliphatic heterocycles. The zero-order chi connectivity index (χ0) is 7.84. The summed E-state index contributed by atoms with van der Waals surface area (Å²) in [7, 11) is 0. The van der Waals surface area contributed by atoms with Crippen LogP contribution in [0.2, 0.25) is 0 Å². The van der Waals surface area contributed by atoms with Gasteiger partial charge in [0.15, 0.2) is 6.29 Å². The largest absolute Gasteiger partial charge is 0.349 e. The molecule has 3 heteroatoms. The van der Waals surface area contributed by atoms with Crippen molar-refractivity contribution >= 4 is 0 Å². The summed E-state index contributed by atoms with van der Waals surface area (Å²) in [5.74, 6) is 0. The van der Waals surface area contributed by atoms with E-state index in [0.717, 1.165) is 19.7 Å². The summed E-state index contributed by atoms with van der Waals surface area (Å²) in [6.07, 6.45) is 0.382. The second-order valence-electron chi connectivity index (χ2n) is 3.57. The molecule has 64 valence electrons. The van der Waals surface area contributed by atoms with Crippen molar-refractivity contribution in [3.8, 4) is 0 Å². The maximum absolute atomic E-state index is 5.51. The molecule has 0 unspecified atom stereocenters. The van der Waals surface area contributed by atoms with Gasteiger partial charge in [0.1, 0.15) is 0 Å². The summed E-state index contributed by atoms with van der Waals surface area (Å²) in [4.78, 5) is 2.41. The first-order valence-corrected chi connectivity index (χ1v) is 4.27. The van der Waals surface area contributed by atoms with E-state index in [4.69, 9.17) is 9.47 Å². The number of hydrogen-bond donors (Lipinski definition) is 0. The highest BCUT2D eigenvalue weighted by atomic mass is 16.7. The van der Waals surface area contributed by atoms with Crippen molar-refractivity contribution in [2.24, 2.45) is 0 Å². The highest BCUT2D eigenvalue weighted by Gasteiger charge is 2.35. The standard InChI is InChI=1S/C8H15NO2/c1-6(2)9-3-7-5-10-8(4-9)11-7/h6-8H,3-5H2,1-2H3/t7-,8+/m1/s1.